The lowest BCUT2D eigenvalue weighted by atomic mass is 10.1. The predicted molar refractivity (Wildman–Crippen MR) is 128 cm³/mol. The third-order valence-electron chi connectivity index (χ3n) is 4.86. The van der Waals surface area contributed by atoms with Gasteiger partial charge in [-0.15, -0.1) is 0 Å². The molecule has 6 heteroatoms. The number of benzene rings is 3. The van der Waals surface area contributed by atoms with Crippen LogP contribution in [0, 0.1) is 13.8 Å². The first-order valence-corrected chi connectivity index (χ1v) is 10.5. The summed E-state index contributed by atoms with van der Waals surface area (Å²) in [6.07, 6.45) is 0.292. The van der Waals surface area contributed by atoms with Crippen molar-refractivity contribution in [3.05, 3.63) is 107 Å². The number of ether oxygens (including phenoxy) is 1. The van der Waals surface area contributed by atoms with Gasteiger partial charge in [0.1, 0.15) is 5.70 Å². The van der Waals surface area contributed by atoms with E-state index in [1.165, 1.54) is 13.0 Å². The molecular formula is C27H26N2O4. The molecule has 1 atom stereocenters. The highest BCUT2D eigenvalue weighted by Gasteiger charge is 2.27. The first kappa shape index (κ1) is 23.5. The molecule has 3 aromatic carbocycles. The molecule has 0 spiro atoms. The van der Waals surface area contributed by atoms with Crippen molar-refractivity contribution in [3.8, 4) is 0 Å². The maximum absolute atomic E-state index is 13.2. The van der Waals surface area contributed by atoms with Gasteiger partial charge in [-0.05, 0) is 42.7 Å². The molecule has 0 aliphatic rings. The number of nitrogens with one attached hydrogen (secondary N) is 2. The van der Waals surface area contributed by atoms with E-state index in [0.29, 0.717) is 16.8 Å². The molecule has 0 saturated carbocycles. The second kappa shape index (κ2) is 10.9. The Morgan fingerprint density at radius 2 is 1.52 bits per heavy atom. The third kappa shape index (κ3) is 6.64. The van der Waals surface area contributed by atoms with Crippen molar-refractivity contribution in [1.29, 1.82) is 0 Å². The molecule has 0 unspecified atom stereocenters. The van der Waals surface area contributed by atoms with Gasteiger partial charge in [0, 0.05) is 18.2 Å². The van der Waals surface area contributed by atoms with Crippen molar-refractivity contribution in [3.63, 3.8) is 0 Å². The van der Waals surface area contributed by atoms with Gasteiger partial charge in [0.05, 0.1) is 0 Å². The Hall–Kier alpha value is -4.19. The summed E-state index contributed by atoms with van der Waals surface area (Å²) in [5.74, 6) is -1.74. The summed E-state index contributed by atoms with van der Waals surface area (Å²) >= 11 is 0. The van der Waals surface area contributed by atoms with Crippen molar-refractivity contribution in [1.82, 2.24) is 5.32 Å². The van der Waals surface area contributed by atoms with Crippen LogP contribution in [0.25, 0.3) is 6.08 Å². The lowest BCUT2D eigenvalue weighted by Crippen LogP contribution is -2.31. The lowest BCUT2D eigenvalue weighted by Gasteiger charge is -2.20. The van der Waals surface area contributed by atoms with Crippen LogP contribution in [0.15, 0.2) is 84.6 Å². The van der Waals surface area contributed by atoms with Crippen molar-refractivity contribution < 1.29 is 19.1 Å². The topological polar surface area (TPSA) is 84.5 Å². The predicted octanol–water partition coefficient (Wildman–Crippen LogP) is 4.70. The number of anilines is 1. The van der Waals surface area contributed by atoms with E-state index in [2.05, 4.69) is 10.6 Å². The molecule has 33 heavy (non-hydrogen) atoms. The van der Waals surface area contributed by atoms with Gasteiger partial charge in [-0.3, -0.25) is 9.59 Å². The SMILES string of the molecule is CC(=O)N/C(=C/c1ccccc1)C(=O)O[C@H](C(=O)Nc1cc(C)ccc1C)c1ccccc1. The van der Waals surface area contributed by atoms with Gasteiger partial charge >= 0.3 is 5.97 Å². The normalized spacial score (nSPS) is 11.9. The number of esters is 1. The number of rotatable bonds is 7. The Labute approximate surface area is 193 Å². The summed E-state index contributed by atoms with van der Waals surface area (Å²) < 4.78 is 5.64. The fraction of sp³-hybridized carbons (Fsp3) is 0.148. The number of hydrogen-bond acceptors (Lipinski definition) is 4. The minimum atomic E-state index is -1.22. The number of amides is 2. The molecule has 3 aromatic rings. The van der Waals surface area contributed by atoms with Gasteiger partial charge in [-0.25, -0.2) is 4.79 Å². The van der Waals surface area contributed by atoms with Crippen molar-refractivity contribution in [2.75, 3.05) is 5.32 Å². The summed E-state index contributed by atoms with van der Waals surface area (Å²) in [5.41, 5.74) is 3.66. The standard InChI is InChI=1S/C27H26N2O4/c1-18-14-15-19(2)23(16-18)29-26(31)25(22-12-8-5-9-13-22)33-27(32)24(28-20(3)30)17-21-10-6-4-7-11-21/h4-17,25H,1-3H3,(H,28,30)(H,29,31)/b24-17+/t25-/m0/s1. The number of aryl methyl sites for hydroxylation is 2. The molecule has 3 rings (SSSR count). The molecule has 0 saturated heterocycles. The maximum Gasteiger partial charge on any atom is 0.355 e. The monoisotopic (exact) mass is 442 g/mol. The van der Waals surface area contributed by atoms with E-state index in [1.807, 2.05) is 56.3 Å². The average Bonchev–Trinajstić information content (AvgIpc) is 2.80. The van der Waals surface area contributed by atoms with Crippen LogP contribution in [-0.2, 0) is 19.1 Å². The Balaban J connectivity index is 1.91. The molecule has 0 bridgehead atoms. The highest BCUT2D eigenvalue weighted by atomic mass is 16.5. The molecule has 0 radical (unpaired) electrons. The fourth-order valence-corrected chi connectivity index (χ4v) is 3.19. The number of carbonyl (C=O) groups is 3. The largest absolute Gasteiger partial charge is 0.443 e. The quantitative estimate of drug-likeness (QED) is 0.410. The van der Waals surface area contributed by atoms with Crippen LogP contribution in [0.1, 0.15) is 35.3 Å². The molecule has 0 aromatic heterocycles. The van der Waals surface area contributed by atoms with E-state index in [9.17, 15) is 14.4 Å². The van der Waals surface area contributed by atoms with Crippen LogP contribution in [0.3, 0.4) is 0 Å². The second-order valence-corrected chi connectivity index (χ2v) is 7.65. The lowest BCUT2D eigenvalue weighted by molar-refractivity contribution is -0.151. The van der Waals surface area contributed by atoms with E-state index in [0.717, 1.165) is 11.1 Å². The molecule has 0 fully saturated rings. The Kier molecular flexibility index (Phi) is 7.76. The summed E-state index contributed by atoms with van der Waals surface area (Å²) in [4.78, 5) is 38.0. The zero-order chi connectivity index (χ0) is 23.8. The molecule has 2 N–H and O–H groups in total. The van der Waals surface area contributed by atoms with Crippen LogP contribution < -0.4 is 10.6 Å². The molecular weight excluding hydrogens is 416 g/mol. The first-order chi connectivity index (χ1) is 15.8. The highest BCUT2D eigenvalue weighted by molar-refractivity contribution is 6.01. The molecule has 0 aliphatic carbocycles. The summed E-state index contributed by atoms with van der Waals surface area (Å²) in [6, 6.07) is 23.5. The van der Waals surface area contributed by atoms with Crippen molar-refractivity contribution >= 4 is 29.5 Å². The number of hydrogen-bond donors (Lipinski definition) is 2. The first-order valence-electron chi connectivity index (χ1n) is 10.5. The summed E-state index contributed by atoms with van der Waals surface area (Å²) in [5, 5.41) is 5.37. The van der Waals surface area contributed by atoms with Crippen LogP contribution in [0.4, 0.5) is 5.69 Å². The van der Waals surface area contributed by atoms with E-state index in [4.69, 9.17) is 4.74 Å². The second-order valence-electron chi connectivity index (χ2n) is 7.65. The fourth-order valence-electron chi connectivity index (χ4n) is 3.19. The maximum atomic E-state index is 13.2. The van der Waals surface area contributed by atoms with Gasteiger partial charge < -0.3 is 15.4 Å². The van der Waals surface area contributed by atoms with Gasteiger partial charge in [-0.1, -0.05) is 72.8 Å². The van der Waals surface area contributed by atoms with Gasteiger partial charge in [-0.2, -0.15) is 0 Å². The van der Waals surface area contributed by atoms with Gasteiger partial charge in [0.15, 0.2) is 0 Å². The van der Waals surface area contributed by atoms with E-state index in [1.54, 1.807) is 36.4 Å². The van der Waals surface area contributed by atoms with Crippen LogP contribution in [0.5, 0.6) is 0 Å². The molecule has 168 valence electrons. The van der Waals surface area contributed by atoms with Crippen LogP contribution in [-0.4, -0.2) is 17.8 Å². The van der Waals surface area contributed by atoms with E-state index >= 15 is 0 Å². The Morgan fingerprint density at radius 1 is 0.879 bits per heavy atom. The van der Waals surface area contributed by atoms with Crippen molar-refractivity contribution in [2.45, 2.75) is 26.9 Å². The molecule has 0 heterocycles. The molecule has 0 aliphatic heterocycles. The van der Waals surface area contributed by atoms with E-state index in [-0.39, 0.29) is 5.70 Å². The number of carbonyl (C=O) groups excluding carboxylic acids is 3. The van der Waals surface area contributed by atoms with Gasteiger partial charge in [0.2, 0.25) is 12.0 Å². The van der Waals surface area contributed by atoms with Crippen LogP contribution in [0.2, 0.25) is 0 Å². The smallest absolute Gasteiger partial charge is 0.355 e. The summed E-state index contributed by atoms with van der Waals surface area (Å²) in [6.45, 7) is 5.11. The van der Waals surface area contributed by atoms with E-state index < -0.39 is 23.9 Å². The summed E-state index contributed by atoms with van der Waals surface area (Å²) in [7, 11) is 0. The minimum absolute atomic E-state index is 0.0610. The van der Waals surface area contributed by atoms with Crippen molar-refractivity contribution in [2.24, 2.45) is 0 Å². The Bertz CT molecular complexity index is 1170. The Morgan fingerprint density at radius 3 is 2.15 bits per heavy atom. The van der Waals surface area contributed by atoms with Gasteiger partial charge in [0.25, 0.3) is 5.91 Å². The highest BCUT2D eigenvalue weighted by Crippen LogP contribution is 2.24. The zero-order valence-electron chi connectivity index (χ0n) is 18.8. The molecule has 6 nitrogen and oxygen atoms in total. The molecule has 2 amide bonds. The zero-order valence-corrected chi connectivity index (χ0v) is 18.8. The minimum Gasteiger partial charge on any atom is -0.443 e. The average molecular weight is 443 g/mol. The van der Waals surface area contributed by atoms with Crippen LogP contribution >= 0.6 is 0 Å². The third-order valence-corrected chi connectivity index (χ3v) is 4.86.